The molecule has 0 fully saturated rings. The molecule has 1 amide bonds. The van der Waals surface area contributed by atoms with Crippen LogP contribution < -0.4 is 14.9 Å². The topological polar surface area (TPSA) is 86.2 Å². The Morgan fingerprint density at radius 2 is 2.08 bits per heavy atom. The summed E-state index contributed by atoms with van der Waals surface area (Å²) in [4.78, 5) is 22.2. The fourth-order valence-electron chi connectivity index (χ4n) is 1.88. The van der Waals surface area contributed by atoms with Crippen LogP contribution in [0, 0.1) is 0 Å². The first kappa shape index (κ1) is 19.2. The van der Waals surface area contributed by atoms with Gasteiger partial charge in [-0.3, -0.25) is 4.79 Å². The van der Waals surface area contributed by atoms with Crippen molar-refractivity contribution in [1.29, 1.82) is 0 Å². The molecular formula is C17H22N2O5. The normalized spacial score (nSPS) is 10.3. The minimum absolute atomic E-state index is 0.222. The maximum atomic E-state index is 11.3. The number of allylic oxidation sites excluding steroid dienone is 1. The molecule has 0 aliphatic heterocycles. The third kappa shape index (κ3) is 6.12. The van der Waals surface area contributed by atoms with Crippen LogP contribution in [0.5, 0.6) is 11.5 Å². The molecule has 0 atom stereocenters. The highest BCUT2D eigenvalue weighted by molar-refractivity contribution is 5.83. The standard InChI is InChI=1S/C17H22N2O5/c1-5-7-14-8-13(10-18-19-12(3)20)9-15(23-6-2)17(14)24-11-16(21)22-4/h5,8-10H,1,6-7,11H2,2-4H3,(H,19,20)/b18-10-. The van der Waals surface area contributed by atoms with Crippen LogP contribution in [0.3, 0.4) is 0 Å². The Kier molecular flexibility index (Phi) is 8.04. The minimum Gasteiger partial charge on any atom is -0.490 e. The zero-order chi connectivity index (χ0) is 17.9. The van der Waals surface area contributed by atoms with Crippen molar-refractivity contribution in [2.24, 2.45) is 5.10 Å². The van der Waals surface area contributed by atoms with Gasteiger partial charge in [-0.25, -0.2) is 10.2 Å². The van der Waals surface area contributed by atoms with Gasteiger partial charge in [-0.1, -0.05) is 6.08 Å². The van der Waals surface area contributed by atoms with Crippen molar-refractivity contribution in [3.8, 4) is 11.5 Å². The number of nitrogens with one attached hydrogen (secondary N) is 1. The van der Waals surface area contributed by atoms with Crippen LogP contribution in [-0.2, 0) is 20.7 Å². The molecule has 1 aromatic carbocycles. The van der Waals surface area contributed by atoms with Crippen LogP contribution >= 0.6 is 0 Å². The van der Waals surface area contributed by atoms with E-state index in [1.165, 1.54) is 20.2 Å². The second-order valence-electron chi connectivity index (χ2n) is 4.72. The predicted octanol–water partition coefficient (Wildman–Crippen LogP) is 1.84. The van der Waals surface area contributed by atoms with Crippen molar-refractivity contribution in [1.82, 2.24) is 5.43 Å². The largest absolute Gasteiger partial charge is 0.490 e. The smallest absolute Gasteiger partial charge is 0.343 e. The van der Waals surface area contributed by atoms with Gasteiger partial charge >= 0.3 is 5.97 Å². The lowest BCUT2D eigenvalue weighted by Crippen LogP contribution is -2.14. The molecule has 0 heterocycles. The van der Waals surface area contributed by atoms with E-state index in [1.807, 2.05) is 13.0 Å². The van der Waals surface area contributed by atoms with E-state index in [0.29, 0.717) is 24.5 Å². The van der Waals surface area contributed by atoms with E-state index in [0.717, 1.165) is 11.1 Å². The van der Waals surface area contributed by atoms with Gasteiger partial charge in [0.05, 0.1) is 19.9 Å². The number of rotatable bonds is 9. The number of benzene rings is 1. The molecule has 0 unspecified atom stereocenters. The molecule has 0 saturated heterocycles. The molecule has 0 bridgehead atoms. The second-order valence-corrected chi connectivity index (χ2v) is 4.72. The molecule has 0 saturated carbocycles. The molecule has 1 rings (SSSR count). The van der Waals surface area contributed by atoms with Crippen molar-refractivity contribution in [3.05, 3.63) is 35.9 Å². The molecule has 0 aliphatic rings. The maximum absolute atomic E-state index is 11.3. The Balaban J connectivity index is 3.17. The monoisotopic (exact) mass is 334 g/mol. The molecule has 0 aliphatic carbocycles. The summed E-state index contributed by atoms with van der Waals surface area (Å²) >= 11 is 0. The molecule has 0 spiro atoms. The van der Waals surface area contributed by atoms with Crippen LogP contribution in [0.25, 0.3) is 0 Å². The van der Waals surface area contributed by atoms with E-state index in [4.69, 9.17) is 9.47 Å². The minimum atomic E-state index is -0.488. The van der Waals surface area contributed by atoms with E-state index < -0.39 is 5.97 Å². The van der Waals surface area contributed by atoms with E-state index in [9.17, 15) is 9.59 Å². The summed E-state index contributed by atoms with van der Waals surface area (Å²) in [5.41, 5.74) is 3.84. The van der Waals surface area contributed by atoms with Crippen molar-refractivity contribution in [3.63, 3.8) is 0 Å². The Hall–Kier alpha value is -2.83. The summed E-state index contributed by atoms with van der Waals surface area (Å²) in [6.07, 6.45) is 3.73. The maximum Gasteiger partial charge on any atom is 0.343 e. The van der Waals surface area contributed by atoms with Gasteiger partial charge in [-0.15, -0.1) is 6.58 Å². The summed E-state index contributed by atoms with van der Waals surface area (Å²) in [7, 11) is 1.29. The number of methoxy groups -OCH3 is 1. The van der Waals surface area contributed by atoms with Crippen LogP contribution in [0.4, 0.5) is 0 Å². The van der Waals surface area contributed by atoms with Gasteiger partial charge in [-0.2, -0.15) is 5.10 Å². The van der Waals surface area contributed by atoms with E-state index in [-0.39, 0.29) is 12.5 Å². The van der Waals surface area contributed by atoms with Crippen LogP contribution in [0.15, 0.2) is 29.9 Å². The molecular weight excluding hydrogens is 312 g/mol. The zero-order valence-corrected chi connectivity index (χ0v) is 14.1. The average molecular weight is 334 g/mol. The lowest BCUT2D eigenvalue weighted by atomic mass is 10.1. The number of ether oxygens (including phenoxy) is 3. The first-order valence-electron chi connectivity index (χ1n) is 7.41. The Morgan fingerprint density at radius 1 is 1.33 bits per heavy atom. The van der Waals surface area contributed by atoms with Gasteiger partial charge in [0.25, 0.3) is 0 Å². The summed E-state index contributed by atoms with van der Waals surface area (Å²) in [6, 6.07) is 3.54. The number of esters is 1. The van der Waals surface area contributed by atoms with Gasteiger partial charge in [-0.05, 0) is 31.0 Å². The van der Waals surface area contributed by atoms with Gasteiger partial charge < -0.3 is 14.2 Å². The van der Waals surface area contributed by atoms with Gasteiger partial charge in [0.1, 0.15) is 0 Å². The van der Waals surface area contributed by atoms with Crippen molar-refractivity contribution in [2.75, 3.05) is 20.3 Å². The molecule has 24 heavy (non-hydrogen) atoms. The van der Waals surface area contributed by atoms with E-state index in [1.54, 1.807) is 12.1 Å². The highest BCUT2D eigenvalue weighted by Crippen LogP contribution is 2.33. The van der Waals surface area contributed by atoms with E-state index in [2.05, 4.69) is 21.8 Å². The Labute approximate surface area is 141 Å². The van der Waals surface area contributed by atoms with E-state index >= 15 is 0 Å². The number of hydrazone groups is 1. The summed E-state index contributed by atoms with van der Waals surface area (Å²) in [5.74, 6) is 0.183. The predicted molar refractivity (Wildman–Crippen MR) is 90.4 cm³/mol. The fraction of sp³-hybridized carbons (Fsp3) is 0.353. The second kappa shape index (κ2) is 10.0. The number of carbonyl (C=O) groups excluding carboxylic acids is 2. The molecule has 1 N–H and O–H groups in total. The first-order chi connectivity index (χ1) is 11.5. The lowest BCUT2D eigenvalue weighted by molar-refractivity contribution is -0.142. The number of hydrogen-bond acceptors (Lipinski definition) is 6. The van der Waals surface area contributed by atoms with Crippen LogP contribution in [0.1, 0.15) is 25.0 Å². The Bertz CT molecular complexity index is 626. The number of carbonyl (C=O) groups is 2. The SMILES string of the molecule is C=CCc1cc(/C=N\NC(C)=O)cc(OCC)c1OCC(=O)OC. The third-order valence-electron chi connectivity index (χ3n) is 2.82. The summed E-state index contributed by atoms with van der Waals surface area (Å²) in [5, 5.41) is 3.84. The molecule has 0 radical (unpaired) electrons. The van der Waals surface area contributed by atoms with Crippen LogP contribution in [0.2, 0.25) is 0 Å². The molecule has 7 heteroatoms. The highest BCUT2D eigenvalue weighted by atomic mass is 16.6. The van der Waals surface area contributed by atoms with Crippen molar-refractivity contribution >= 4 is 18.1 Å². The van der Waals surface area contributed by atoms with Crippen molar-refractivity contribution in [2.45, 2.75) is 20.3 Å². The van der Waals surface area contributed by atoms with Gasteiger partial charge in [0.2, 0.25) is 5.91 Å². The molecule has 0 aromatic heterocycles. The number of amides is 1. The summed E-state index contributed by atoms with van der Waals surface area (Å²) < 4.78 is 15.7. The zero-order valence-electron chi connectivity index (χ0n) is 14.1. The van der Waals surface area contributed by atoms with Gasteiger partial charge in [0, 0.05) is 12.5 Å². The first-order valence-corrected chi connectivity index (χ1v) is 7.41. The molecule has 1 aromatic rings. The summed E-state index contributed by atoms with van der Waals surface area (Å²) in [6.45, 7) is 7.14. The Morgan fingerprint density at radius 3 is 2.67 bits per heavy atom. The number of nitrogens with zero attached hydrogens (tertiary/aromatic N) is 1. The van der Waals surface area contributed by atoms with Crippen molar-refractivity contribution < 1.29 is 23.8 Å². The quantitative estimate of drug-likeness (QED) is 0.322. The highest BCUT2D eigenvalue weighted by Gasteiger charge is 2.14. The molecule has 130 valence electrons. The van der Waals surface area contributed by atoms with Gasteiger partial charge in [0.15, 0.2) is 18.1 Å². The third-order valence-corrected chi connectivity index (χ3v) is 2.82. The fourth-order valence-corrected chi connectivity index (χ4v) is 1.88. The molecule has 7 nitrogen and oxygen atoms in total. The number of hydrogen-bond donors (Lipinski definition) is 1. The average Bonchev–Trinajstić information content (AvgIpc) is 2.54. The van der Waals surface area contributed by atoms with Crippen LogP contribution in [-0.4, -0.2) is 38.4 Å². The lowest BCUT2D eigenvalue weighted by Gasteiger charge is -2.16.